The number of pyridine rings is 1. The molecule has 0 bridgehead atoms. The summed E-state index contributed by atoms with van der Waals surface area (Å²) in [6, 6.07) is 45.1. The quantitative estimate of drug-likeness (QED) is 0.113. The van der Waals surface area contributed by atoms with E-state index >= 15 is 0 Å². The number of para-hydroxylation sites is 4. The van der Waals surface area contributed by atoms with E-state index in [0.717, 1.165) is 44.3 Å². The Labute approximate surface area is 374 Å². The molecule has 5 nitrogen and oxygen atoms in total. The number of imidazole rings is 1. The van der Waals surface area contributed by atoms with Crippen molar-refractivity contribution in [3.05, 3.63) is 199 Å². The van der Waals surface area contributed by atoms with Crippen LogP contribution >= 0.6 is 0 Å². The summed E-state index contributed by atoms with van der Waals surface area (Å²) in [6.07, 6.45) is 3.77. The van der Waals surface area contributed by atoms with Gasteiger partial charge < -0.3 is 4.74 Å². The molecule has 0 radical (unpaired) electrons. The summed E-state index contributed by atoms with van der Waals surface area (Å²) >= 11 is 0. The molecule has 0 saturated heterocycles. The third-order valence-corrected chi connectivity index (χ3v) is 11.1. The van der Waals surface area contributed by atoms with Crippen molar-refractivity contribution in [1.29, 1.82) is 0 Å². The highest BCUT2D eigenvalue weighted by atomic mass is 16.5. The van der Waals surface area contributed by atoms with E-state index in [-0.39, 0.29) is 23.1 Å². The Morgan fingerprint density at radius 2 is 1.35 bits per heavy atom. The van der Waals surface area contributed by atoms with E-state index in [1.54, 1.807) is 18.2 Å². The molecule has 0 aliphatic heterocycles. The van der Waals surface area contributed by atoms with Gasteiger partial charge in [-0.2, -0.15) is 0 Å². The largest absolute Gasteiger partial charge is 0.458 e. The molecule has 0 amide bonds. The average molecular weight is 814 g/mol. The molecule has 0 unspecified atom stereocenters. The lowest BCUT2D eigenvalue weighted by Crippen LogP contribution is -2.31. The second-order valence-corrected chi connectivity index (χ2v) is 17.7. The van der Waals surface area contributed by atoms with Crippen LogP contribution in [0.3, 0.4) is 0 Å². The highest BCUT2D eigenvalue weighted by molar-refractivity contribution is 6.09. The van der Waals surface area contributed by atoms with Crippen LogP contribution in [0.1, 0.15) is 62.3 Å². The number of fused-ring (bicyclic) bond motifs is 4. The fourth-order valence-corrected chi connectivity index (χ4v) is 8.31. The minimum Gasteiger partial charge on any atom is -0.458 e. The van der Waals surface area contributed by atoms with E-state index in [4.69, 9.17) is 19.3 Å². The van der Waals surface area contributed by atoms with E-state index in [2.05, 4.69) is 68.1 Å². The number of aromatic nitrogens is 4. The summed E-state index contributed by atoms with van der Waals surface area (Å²) in [7, 11) is 0. The zero-order valence-corrected chi connectivity index (χ0v) is 35.6. The van der Waals surface area contributed by atoms with Gasteiger partial charge in [0.15, 0.2) is 0 Å². The fraction of sp³-hybridized carbons (Fsp3) is 0.158. The van der Waals surface area contributed by atoms with Crippen molar-refractivity contribution in [3.8, 4) is 50.9 Å². The molecule has 0 saturated carbocycles. The molecule has 0 N–H and O–H groups in total. The van der Waals surface area contributed by atoms with Crippen LogP contribution in [0.2, 0.25) is 0 Å². The molecular formula is C57H50N4O. The third kappa shape index (κ3) is 7.34. The number of hydrogen-bond donors (Lipinski definition) is 0. The predicted octanol–water partition coefficient (Wildman–Crippen LogP) is 14.2. The van der Waals surface area contributed by atoms with Gasteiger partial charge in [0.2, 0.25) is 0 Å². The van der Waals surface area contributed by atoms with Crippen LogP contribution in [0.5, 0.6) is 11.5 Å². The Kier molecular flexibility index (Phi) is 7.82. The van der Waals surface area contributed by atoms with E-state index < -0.39 is 29.9 Å². The summed E-state index contributed by atoms with van der Waals surface area (Å²) in [4.78, 5) is 4.85. The molecule has 10 rings (SSSR count). The predicted molar refractivity (Wildman–Crippen MR) is 255 cm³/mol. The molecule has 3 heterocycles. The van der Waals surface area contributed by atoms with Gasteiger partial charge in [-0.1, -0.05) is 163 Å². The lowest BCUT2D eigenvalue weighted by molar-refractivity contribution is -0.571. The Morgan fingerprint density at radius 1 is 0.645 bits per heavy atom. The summed E-state index contributed by atoms with van der Waals surface area (Å²) in [6.45, 7) is 12.2. The van der Waals surface area contributed by atoms with Gasteiger partial charge in [-0.05, 0) is 99.1 Å². The van der Waals surface area contributed by atoms with Crippen molar-refractivity contribution in [2.24, 2.45) is 5.41 Å². The van der Waals surface area contributed by atoms with E-state index in [1.807, 2.05) is 127 Å². The molecule has 5 heteroatoms. The summed E-state index contributed by atoms with van der Waals surface area (Å²) in [5, 5.41) is 2.19. The SMILES string of the molecule is [2H]c1c([2H])c([2H])c(-c2cccc(-c3cccc(C([2H])([2H])C(C)(C)C)c3)c2-[n+]2[c-]n(-c3cccc(Oc4ccc5c6ccccc6n(-c6cc(C(C)(C)C)ccn6)c5c4)c3)c3ccccc32)c([2H])c1[2H]. The van der Waals surface area contributed by atoms with Gasteiger partial charge in [-0.25, -0.2) is 4.98 Å². The molecule has 0 aliphatic rings. The second kappa shape index (κ2) is 15.3. The molecule has 0 fully saturated rings. The van der Waals surface area contributed by atoms with E-state index in [0.29, 0.717) is 39.4 Å². The van der Waals surface area contributed by atoms with Gasteiger partial charge in [0, 0.05) is 25.8 Å². The number of hydrogen-bond acceptors (Lipinski definition) is 2. The highest BCUT2D eigenvalue weighted by Gasteiger charge is 2.22. The zero-order valence-electron chi connectivity index (χ0n) is 42.6. The molecule has 0 atom stereocenters. The minimum atomic E-state index is -1.70. The maximum atomic E-state index is 9.15. The van der Waals surface area contributed by atoms with Gasteiger partial charge in [0.25, 0.3) is 6.33 Å². The van der Waals surface area contributed by atoms with Crippen molar-refractivity contribution in [2.45, 2.75) is 53.3 Å². The van der Waals surface area contributed by atoms with Gasteiger partial charge in [0.05, 0.1) is 40.3 Å². The normalized spacial score (nSPS) is 13.9. The minimum absolute atomic E-state index is 0.0425. The molecule has 0 aliphatic carbocycles. The number of benzene rings is 7. The van der Waals surface area contributed by atoms with Crippen LogP contribution in [-0.2, 0) is 11.8 Å². The van der Waals surface area contributed by atoms with Gasteiger partial charge in [-0.3, -0.25) is 13.7 Å². The lowest BCUT2D eigenvalue weighted by atomic mass is 9.87. The number of nitrogens with zero attached hydrogens (tertiary/aromatic N) is 4. The average Bonchev–Trinajstić information content (AvgIpc) is 3.88. The summed E-state index contributed by atoms with van der Waals surface area (Å²) < 4.78 is 74.9. The maximum Gasteiger partial charge on any atom is 0.269 e. The topological polar surface area (TPSA) is 35.9 Å². The van der Waals surface area contributed by atoms with Crippen molar-refractivity contribution in [1.82, 2.24) is 14.1 Å². The second-order valence-electron chi connectivity index (χ2n) is 17.7. The summed E-state index contributed by atoms with van der Waals surface area (Å²) in [5.74, 6) is 2.05. The Hall–Kier alpha value is -7.24. The van der Waals surface area contributed by atoms with Crippen LogP contribution in [0, 0.1) is 11.7 Å². The first kappa shape index (κ1) is 31.6. The molecular weight excluding hydrogens is 757 g/mol. The lowest BCUT2D eigenvalue weighted by Gasteiger charge is -2.20. The first-order valence-electron chi connectivity index (χ1n) is 24.4. The number of ether oxygens (including phenoxy) is 1. The Morgan fingerprint density at radius 3 is 2.16 bits per heavy atom. The molecule has 62 heavy (non-hydrogen) atoms. The maximum absolute atomic E-state index is 9.15. The molecule has 3 aromatic heterocycles. The third-order valence-electron chi connectivity index (χ3n) is 11.1. The van der Waals surface area contributed by atoms with Gasteiger partial charge >= 0.3 is 0 Å². The first-order valence-corrected chi connectivity index (χ1v) is 20.9. The van der Waals surface area contributed by atoms with E-state index in [9.17, 15) is 0 Å². The zero-order chi connectivity index (χ0) is 48.7. The molecule has 7 aromatic carbocycles. The highest BCUT2D eigenvalue weighted by Crippen LogP contribution is 2.38. The van der Waals surface area contributed by atoms with Crippen LogP contribution in [0.25, 0.3) is 72.3 Å². The summed E-state index contributed by atoms with van der Waals surface area (Å²) in [5.41, 5.74) is 7.43. The van der Waals surface area contributed by atoms with Crippen molar-refractivity contribution >= 4 is 32.8 Å². The van der Waals surface area contributed by atoms with Crippen molar-refractivity contribution < 1.29 is 18.9 Å². The van der Waals surface area contributed by atoms with Gasteiger partial charge in [0.1, 0.15) is 17.3 Å². The standard InChI is InChI=1S/C57H50N4O/c1-56(2,3)37-39-17-14-20-41(33-39)47-25-16-24-46(40-18-8-7-9-19-40)55(47)60-38-59(51-27-12-13-28-52(51)60)43-21-15-22-44(35-43)62-45-29-30-49-48-23-10-11-26-50(48)61(53(49)36-45)54-34-42(31-32-58-54)57(4,5)6/h7-36H,37H2,1-6H3/i7D,8D,9D,18D,19D,37D2. The van der Waals surface area contributed by atoms with Crippen LogP contribution in [0.15, 0.2) is 182 Å². The van der Waals surface area contributed by atoms with E-state index in [1.165, 1.54) is 5.56 Å². The Bertz CT molecular complexity index is 3640. The molecule has 10 aromatic rings. The monoisotopic (exact) mass is 813 g/mol. The first-order chi connectivity index (χ1) is 32.8. The number of rotatable bonds is 8. The van der Waals surface area contributed by atoms with Crippen LogP contribution in [-0.4, -0.2) is 14.1 Å². The van der Waals surface area contributed by atoms with Gasteiger partial charge in [-0.15, -0.1) is 0 Å². The fourth-order valence-electron chi connectivity index (χ4n) is 8.31. The Balaban J connectivity index is 1.13. The van der Waals surface area contributed by atoms with Crippen LogP contribution in [0.4, 0.5) is 0 Å². The molecule has 0 spiro atoms. The van der Waals surface area contributed by atoms with Crippen molar-refractivity contribution in [3.63, 3.8) is 0 Å². The molecule has 304 valence electrons. The van der Waals surface area contributed by atoms with Crippen LogP contribution < -0.4 is 9.30 Å². The van der Waals surface area contributed by atoms with Crippen molar-refractivity contribution in [2.75, 3.05) is 0 Å². The smallest absolute Gasteiger partial charge is 0.269 e.